The predicted octanol–water partition coefficient (Wildman–Crippen LogP) is 1.86. The van der Waals surface area contributed by atoms with Crippen LogP contribution >= 0.6 is 0 Å². The third-order valence-corrected chi connectivity index (χ3v) is 3.10. The number of hydrogen-bond acceptors (Lipinski definition) is 5. The van der Waals surface area contributed by atoms with E-state index in [1.807, 2.05) is 0 Å². The Morgan fingerprint density at radius 3 is 2.46 bits per heavy atom. The molecule has 2 aromatic carbocycles. The van der Waals surface area contributed by atoms with Gasteiger partial charge in [-0.2, -0.15) is 0 Å². The second-order valence-corrected chi connectivity index (χ2v) is 4.78. The second-order valence-electron chi connectivity index (χ2n) is 4.78. The minimum atomic E-state index is -1.33. The lowest BCUT2D eigenvalue weighted by Crippen LogP contribution is -2.28. The van der Waals surface area contributed by atoms with E-state index >= 15 is 0 Å². The summed E-state index contributed by atoms with van der Waals surface area (Å²) in [4.78, 5) is 22.4. The molecule has 0 aromatic heterocycles. The first kappa shape index (κ1) is 17.2. The highest BCUT2D eigenvalue weighted by molar-refractivity contribution is 6.06. The molecule has 0 aliphatic heterocycles. The first-order chi connectivity index (χ1) is 11.5. The molecule has 0 amide bonds. The highest BCUT2D eigenvalue weighted by Gasteiger charge is 2.04. The number of carbonyl (C=O) groups is 2. The number of aliphatic carboxylic acids is 1. The summed E-state index contributed by atoms with van der Waals surface area (Å²) >= 11 is 0. The van der Waals surface area contributed by atoms with E-state index in [9.17, 15) is 19.1 Å². The first-order valence-electron chi connectivity index (χ1n) is 6.98. The molecule has 24 heavy (non-hydrogen) atoms. The average molecular weight is 329 g/mol. The molecule has 0 aliphatic carbocycles. The van der Waals surface area contributed by atoms with Gasteiger partial charge in [-0.05, 0) is 48.0 Å². The van der Waals surface area contributed by atoms with Crippen LogP contribution in [0.1, 0.15) is 15.9 Å². The standard InChI is InChI=1S/C18H15FO5/c1-23-17-9-3-12(10-15(17)19)2-8-16(20)13-4-6-14(7-5-13)24-11-18(21)22/h2-10H,11H2,1H3,(H,21,22)/p-1/b8-2+. The van der Waals surface area contributed by atoms with Crippen molar-refractivity contribution in [1.29, 1.82) is 0 Å². The third kappa shape index (κ3) is 4.67. The number of methoxy groups -OCH3 is 1. The quantitative estimate of drug-likeness (QED) is 0.572. The van der Waals surface area contributed by atoms with Crippen LogP contribution in [0.4, 0.5) is 4.39 Å². The molecule has 0 radical (unpaired) electrons. The molecular weight excluding hydrogens is 315 g/mol. The fourth-order valence-corrected chi connectivity index (χ4v) is 1.91. The van der Waals surface area contributed by atoms with Crippen molar-refractivity contribution < 1.29 is 28.6 Å². The molecule has 0 spiro atoms. The Labute approximate surface area is 137 Å². The summed E-state index contributed by atoms with van der Waals surface area (Å²) in [7, 11) is 1.37. The molecule has 0 unspecified atom stereocenters. The zero-order chi connectivity index (χ0) is 17.5. The summed E-state index contributed by atoms with van der Waals surface area (Å²) in [6, 6.07) is 10.3. The van der Waals surface area contributed by atoms with Gasteiger partial charge in [0.25, 0.3) is 0 Å². The maximum absolute atomic E-state index is 13.6. The summed E-state index contributed by atoms with van der Waals surface area (Å²) in [5, 5.41) is 10.3. The van der Waals surface area contributed by atoms with Crippen molar-refractivity contribution in [3.8, 4) is 11.5 Å². The Kier molecular flexibility index (Phi) is 5.68. The maximum Gasteiger partial charge on any atom is 0.185 e. The number of carbonyl (C=O) groups excluding carboxylic acids is 2. The van der Waals surface area contributed by atoms with Gasteiger partial charge in [-0.3, -0.25) is 4.79 Å². The van der Waals surface area contributed by atoms with Crippen molar-refractivity contribution in [2.24, 2.45) is 0 Å². The molecule has 0 atom stereocenters. The zero-order valence-corrected chi connectivity index (χ0v) is 12.8. The van der Waals surface area contributed by atoms with Gasteiger partial charge in [0, 0.05) is 5.56 Å². The average Bonchev–Trinajstić information content (AvgIpc) is 2.58. The van der Waals surface area contributed by atoms with Gasteiger partial charge in [-0.15, -0.1) is 0 Å². The highest BCUT2D eigenvalue weighted by Crippen LogP contribution is 2.19. The summed E-state index contributed by atoms with van der Waals surface area (Å²) in [5.41, 5.74) is 0.914. The fourth-order valence-electron chi connectivity index (χ4n) is 1.91. The van der Waals surface area contributed by atoms with Crippen molar-refractivity contribution in [3.05, 3.63) is 65.5 Å². The Bertz CT molecular complexity index is 765. The molecule has 6 heteroatoms. The molecule has 0 fully saturated rings. The van der Waals surface area contributed by atoms with Gasteiger partial charge < -0.3 is 19.4 Å². The smallest absolute Gasteiger partial charge is 0.185 e. The molecular formula is C18H14FO5-. The second kappa shape index (κ2) is 7.92. The minimum absolute atomic E-state index is 0.130. The van der Waals surface area contributed by atoms with Gasteiger partial charge >= 0.3 is 0 Å². The molecule has 0 bridgehead atoms. The van der Waals surface area contributed by atoms with E-state index in [2.05, 4.69) is 0 Å². The van der Waals surface area contributed by atoms with Gasteiger partial charge in [-0.1, -0.05) is 12.1 Å². The summed E-state index contributed by atoms with van der Waals surface area (Å²) in [5.74, 6) is -1.67. The van der Waals surface area contributed by atoms with Crippen LogP contribution in [0.25, 0.3) is 6.08 Å². The Morgan fingerprint density at radius 1 is 1.17 bits per heavy atom. The van der Waals surface area contributed by atoms with E-state index < -0.39 is 18.4 Å². The van der Waals surface area contributed by atoms with Crippen molar-refractivity contribution >= 4 is 17.8 Å². The van der Waals surface area contributed by atoms with E-state index in [1.54, 1.807) is 6.07 Å². The van der Waals surface area contributed by atoms with E-state index in [0.29, 0.717) is 16.9 Å². The molecule has 0 saturated heterocycles. The van der Waals surface area contributed by atoms with Gasteiger partial charge in [-0.25, -0.2) is 4.39 Å². The SMILES string of the molecule is COc1ccc(/C=C/C(=O)c2ccc(OCC(=O)[O-])cc2)cc1F. The molecule has 0 saturated carbocycles. The first-order valence-corrected chi connectivity index (χ1v) is 6.98. The number of carboxylic acids is 1. The van der Waals surface area contributed by atoms with Crippen LogP contribution in [0.3, 0.4) is 0 Å². The number of ether oxygens (including phenoxy) is 2. The Hall–Kier alpha value is -3.15. The lowest BCUT2D eigenvalue weighted by atomic mass is 10.1. The van der Waals surface area contributed by atoms with E-state index in [-0.39, 0.29) is 11.5 Å². The van der Waals surface area contributed by atoms with Gasteiger partial charge in [0.05, 0.1) is 13.1 Å². The molecule has 5 nitrogen and oxygen atoms in total. The Balaban J connectivity index is 2.03. The number of allylic oxidation sites excluding steroid dienone is 1. The van der Waals surface area contributed by atoms with Crippen LogP contribution in [0.5, 0.6) is 11.5 Å². The molecule has 0 N–H and O–H groups in total. The zero-order valence-electron chi connectivity index (χ0n) is 12.8. The van der Waals surface area contributed by atoms with E-state index in [0.717, 1.165) is 0 Å². The number of ketones is 1. The number of rotatable bonds is 7. The van der Waals surface area contributed by atoms with Gasteiger partial charge in [0.1, 0.15) is 12.4 Å². The van der Waals surface area contributed by atoms with Crippen molar-refractivity contribution in [2.75, 3.05) is 13.7 Å². The highest BCUT2D eigenvalue weighted by atomic mass is 19.1. The van der Waals surface area contributed by atoms with Crippen molar-refractivity contribution in [3.63, 3.8) is 0 Å². The lowest BCUT2D eigenvalue weighted by Gasteiger charge is -2.06. The van der Waals surface area contributed by atoms with Crippen LogP contribution in [0, 0.1) is 5.82 Å². The molecule has 2 aromatic rings. The lowest BCUT2D eigenvalue weighted by molar-refractivity contribution is -0.307. The fraction of sp³-hybridized carbons (Fsp3) is 0.111. The minimum Gasteiger partial charge on any atom is -0.546 e. The summed E-state index contributed by atoms with van der Waals surface area (Å²) in [6.45, 7) is -0.559. The third-order valence-electron chi connectivity index (χ3n) is 3.10. The number of benzene rings is 2. The van der Waals surface area contributed by atoms with E-state index in [4.69, 9.17) is 9.47 Å². The normalized spacial score (nSPS) is 10.6. The van der Waals surface area contributed by atoms with Crippen LogP contribution in [0.2, 0.25) is 0 Å². The monoisotopic (exact) mass is 329 g/mol. The number of halogens is 1. The van der Waals surface area contributed by atoms with E-state index in [1.165, 1.54) is 55.7 Å². The van der Waals surface area contributed by atoms with Crippen LogP contribution in [-0.2, 0) is 4.79 Å². The van der Waals surface area contributed by atoms with Gasteiger partial charge in [0.2, 0.25) is 0 Å². The predicted molar refractivity (Wildman–Crippen MR) is 83.3 cm³/mol. The van der Waals surface area contributed by atoms with Crippen LogP contribution < -0.4 is 14.6 Å². The molecule has 2 rings (SSSR count). The van der Waals surface area contributed by atoms with Crippen LogP contribution in [0.15, 0.2) is 48.5 Å². The molecule has 0 heterocycles. The summed E-state index contributed by atoms with van der Waals surface area (Å²) in [6.07, 6.45) is 2.81. The molecule has 124 valence electrons. The maximum atomic E-state index is 13.6. The topological polar surface area (TPSA) is 75.7 Å². The summed E-state index contributed by atoms with van der Waals surface area (Å²) < 4.78 is 23.3. The van der Waals surface area contributed by atoms with Crippen molar-refractivity contribution in [2.45, 2.75) is 0 Å². The van der Waals surface area contributed by atoms with Crippen LogP contribution in [-0.4, -0.2) is 25.5 Å². The Morgan fingerprint density at radius 2 is 1.88 bits per heavy atom. The number of hydrogen-bond donors (Lipinski definition) is 0. The van der Waals surface area contributed by atoms with Gasteiger partial charge in [0.15, 0.2) is 17.3 Å². The largest absolute Gasteiger partial charge is 0.546 e. The van der Waals surface area contributed by atoms with Crippen molar-refractivity contribution in [1.82, 2.24) is 0 Å². The number of carboxylic acid groups (broad SMARTS) is 1. The molecule has 0 aliphatic rings.